The topological polar surface area (TPSA) is 67.4 Å². The number of nitrogens with one attached hydrogen (secondary N) is 2. The number of methoxy groups -OCH3 is 1. The minimum atomic E-state index is -0.699. The van der Waals surface area contributed by atoms with Crippen LogP contribution in [-0.2, 0) is 16.1 Å². The molecule has 0 spiro atoms. The fourth-order valence-corrected chi connectivity index (χ4v) is 2.20. The van der Waals surface area contributed by atoms with E-state index < -0.39 is 11.8 Å². The summed E-state index contributed by atoms with van der Waals surface area (Å²) in [7, 11) is 1.57. The van der Waals surface area contributed by atoms with Gasteiger partial charge in [-0.15, -0.1) is 0 Å². The van der Waals surface area contributed by atoms with Crippen LogP contribution in [0.25, 0.3) is 0 Å². The molecule has 2 amide bonds. The number of hydrogen-bond donors (Lipinski definition) is 2. The second kappa shape index (κ2) is 7.78. The third kappa shape index (κ3) is 4.82. The summed E-state index contributed by atoms with van der Waals surface area (Å²) in [4.78, 5) is 23.8. The molecule has 23 heavy (non-hydrogen) atoms. The Kier molecular flexibility index (Phi) is 5.76. The Balaban J connectivity index is 1.91. The van der Waals surface area contributed by atoms with Crippen LogP contribution in [0, 0.1) is 6.92 Å². The van der Waals surface area contributed by atoms with E-state index in [0.29, 0.717) is 11.4 Å². The van der Waals surface area contributed by atoms with E-state index in [-0.39, 0.29) is 6.54 Å². The molecule has 0 heterocycles. The molecule has 0 aromatic heterocycles. The molecule has 0 saturated heterocycles. The number of ether oxygens (including phenoxy) is 1. The highest BCUT2D eigenvalue weighted by Crippen LogP contribution is 2.19. The molecule has 120 valence electrons. The van der Waals surface area contributed by atoms with Gasteiger partial charge in [0.05, 0.1) is 7.11 Å². The number of carbonyl (C=O) groups excluding carboxylic acids is 2. The standard InChI is InChI=1S/C17H17BrN2O3/c1-11-8-13(6-7-15(11)18)20-17(22)16(21)19-10-12-4-3-5-14(9-12)23-2/h3-9H,10H2,1-2H3,(H,19,21)(H,20,22). The van der Waals surface area contributed by atoms with E-state index in [1.807, 2.05) is 31.2 Å². The highest BCUT2D eigenvalue weighted by molar-refractivity contribution is 9.10. The van der Waals surface area contributed by atoms with Gasteiger partial charge >= 0.3 is 11.8 Å². The third-order valence-corrected chi connectivity index (χ3v) is 4.10. The fourth-order valence-electron chi connectivity index (χ4n) is 1.96. The summed E-state index contributed by atoms with van der Waals surface area (Å²) in [5, 5.41) is 5.15. The molecule has 2 N–H and O–H groups in total. The summed E-state index contributed by atoms with van der Waals surface area (Å²) in [5.41, 5.74) is 2.40. The van der Waals surface area contributed by atoms with Crippen LogP contribution in [0.1, 0.15) is 11.1 Å². The largest absolute Gasteiger partial charge is 0.497 e. The van der Waals surface area contributed by atoms with Gasteiger partial charge in [-0.1, -0.05) is 28.1 Å². The molecule has 0 radical (unpaired) electrons. The van der Waals surface area contributed by atoms with Gasteiger partial charge in [0.15, 0.2) is 0 Å². The quantitative estimate of drug-likeness (QED) is 0.805. The van der Waals surface area contributed by atoms with Crippen molar-refractivity contribution in [1.29, 1.82) is 0 Å². The molecule has 2 rings (SSSR count). The summed E-state index contributed by atoms with van der Waals surface area (Å²) >= 11 is 3.38. The average molecular weight is 377 g/mol. The van der Waals surface area contributed by atoms with Crippen LogP contribution >= 0.6 is 15.9 Å². The van der Waals surface area contributed by atoms with E-state index in [0.717, 1.165) is 15.6 Å². The molecule has 5 nitrogen and oxygen atoms in total. The summed E-state index contributed by atoms with van der Waals surface area (Å²) in [6.45, 7) is 2.16. The molecule has 0 fully saturated rings. The van der Waals surface area contributed by atoms with Crippen LogP contribution in [0.2, 0.25) is 0 Å². The molecule has 0 saturated carbocycles. The Morgan fingerprint density at radius 2 is 1.91 bits per heavy atom. The van der Waals surface area contributed by atoms with Crippen molar-refractivity contribution >= 4 is 33.4 Å². The summed E-state index contributed by atoms with van der Waals surface area (Å²) in [6, 6.07) is 12.6. The van der Waals surface area contributed by atoms with Gasteiger partial charge in [-0.25, -0.2) is 0 Å². The number of halogens is 1. The number of benzene rings is 2. The smallest absolute Gasteiger partial charge is 0.313 e. The Hall–Kier alpha value is -2.34. The lowest BCUT2D eigenvalue weighted by molar-refractivity contribution is -0.136. The van der Waals surface area contributed by atoms with Crippen molar-refractivity contribution < 1.29 is 14.3 Å². The van der Waals surface area contributed by atoms with Gasteiger partial charge in [0, 0.05) is 16.7 Å². The van der Waals surface area contributed by atoms with Crippen molar-refractivity contribution in [2.24, 2.45) is 0 Å². The molecular weight excluding hydrogens is 360 g/mol. The zero-order valence-electron chi connectivity index (χ0n) is 12.9. The first kappa shape index (κ1) is 17.0. The Bertz CT molecular complexity index is 732. The van der Waals surface area contributed by atoms with Gasteiger partial charge in [-0.2, -0.15) is 0 Å². The van der Waals surface area contributed by atoms with Crippen LogP contribution in [0.5, 0.6) is 5.75 Å². The lowest BCUT2D eigenvalue weighted by Crippen LogP contribution is -2.34. The zero-order chi connectivity index (χ0) is 16.8. The number of amides is 2. The van der Waals surface area contributed by atoms with Crippen LogP contribution < -0.4 is 15.4 Å². The van der Waals surface area contributed by atoms with Gasteiger partial charge in [0.1, 0.15) is 5.75 Å². The fraction of sp³-hybridized carbons (Fsp3) is 0.176. The molecule has 0 bridgehead atoms. The maximum atomic E-state index is 11.9. The SMILES string of the molecule is COc1cccc(CNC(=O)C(=O)Nc2ccc(Br)c(C)c2)c1. The second-order valence-corrected chi connectivity index (χ2v) is 5.81. The molecule has 0 aliphatic rings. The summed E-state index contributed by atoms with van der Waals surface area (Å²) < 4.78 is 6.06. The molecule has 2 aromatic carbocycles. The number of anilines is 1. The maximum absolute atomic E-state index is 11.9. The molecule has 2 aromatic rings. The first-order chi connectivity index (χ1) is 11.0. The van der Waals surface area contributed by atoms with Crippen LogP contribution in [0.3, 0.4) is 0 Å². The lowest BCUT2D eigenvalue weighted by Gasteiger charge is -2.08. The van der Waals surface area contributed by atoms with Gasteiger partial charge in [0.25, 0.3) is 0 Å². The highest BCUT2D eigenvalue weighted by atomic mass is 79.9. The number of hydrogen-bond acceptors (Lipinski definition) is 3. The highest BCUT2D eigenvalue weighted by Gasteiger charge is 2.13. The van der Waals surface area contributed by atoms with E-state index in [4.69, 9.17) is 4.74 Å². The molecule has 0 aliphatic carbocycles. The van der Waals surface area contributed by atoms with Crippen LogP contribution in [0.15, 0.2) is 46.9 Å². The first-order valence-corrected chi connectivity index (χ1v) is 7.77. The Labute approximate surface area is 143 Å². The monoisotopic (exact) mass is 376 g/mol. The van der Waals surface area contributed by atoms with E-state index in [2.05, 4.69) is 26.6 Å². The van der Waals surface area contributed by atoms with E-state index >= 15 is 0 Å². The first-order valence-electron chi connectivity index (χ1n) is 6.98. The predicted octanol–water partition coefficient (Wildman–Crippen LogP) is 3.02. The van der Waals surface area contributed by atoms with Crippen molar-refractivity contribution in [1.82, 2.24) is 5.32 Å². The average Bonchev–Trinajstić information content (AvgIpc) is 2.56. The molecule has 0 atom stereocenters. The summed E-state index contributed by atoms with van der Waals surface area (Å²) in [6.07, 6.45) is 0. The molecule has 6 heteroatoms. The number of rotatable bonds is 4. The maximum Gasteiger partial charge on any atom is 0.313 e. The minimum Gasteiger partial charge on any atom is -0.497 e. The lowest BCUT2D eigenvalue weighted by atomic mass is 10.2. The predicted molar refractivity (Wildman–Crippen MR) is 92.3 cm³/mol. The third-order valence-electron chi connectivity index (χ3n) is 3.21. The van der Waals surface area contributed by atoms with E-state index in [1.54, 1.807) is 25.3 Å². The Morgan fingerprint density at radius 3 is 2.61 bits per heavy atom. The summed E-state index contributed by atoms with van der Waals surface area (Å²) in [5.74, 6) is -0.686. The van der Waals surface area contributed by atoms with E-state index in [1.165, 1.54) is 0 Å². The van der Waals surface area contributed by atoms with Crippen molar-refractivity contribution in [3.63, 3.8) is 0 Å². The second-order valence-electron chi connectivity index (χ2n) is 4.95. The van der Waals surface area contributed by atoms with Gasteiger partial charge in [0.2, 0.25) is 0 Å². The Morgan fingerprint density at radius 1 is 1.13 bits per heavy atom. The van der Waals surface area contributed by atoms with Crippen LogP contribution in [-0.4, -0.2) is 18.9 Å². The normalized spacial score (nSPS) is 10.0. The molecule has 0 unspecified atom stereocenters. The van der Waals surface area contributed by atoms with Crippen molar-refractivity contribution in [2.45, 2.75) is 13.5 Å². The zero-order valence-corrected chi connectivity index (χ0v) is 14.4. The van der Waals surface area contributed by atoms with E-state index in [9.17, 15) is 9.59 Å². The molecular formula is C17H17BrN2O3. The van der Waals surface area contributed by atoms with Crippen molar-refractivity contribution in [3.8, 4) is 5.75 Å². The van der Waals surface area contributed by atoms with Crippen molar-refractivity contribution in [3.05, 3.63) is 58.1 Å². The van der Waals surface area contributed by atoms with Gasteiger partial charge in [-0.3, -0.25) is 9.59 Å². The minimum absolute atomic E-state index is 0.253. The van der Waals surface area contributed by atoms with Gasteiger partial charge < -0.3 is 15.4 Å². The number of carbonyl (C=O) groups is 2. The van der Waals surface area contributed by atoms with Crippen LogP contribution in [0.4, 0.5) is 5.69 Å². The number of aryl methyl sites for hydroxylation is 1. The van der Waals surface area contributed by atoms with Gasteiger partial charge in [-0.05, 0) is 48.4 Å². The molecule has 0 aliphatic heterocycles. The van der Waals surface area contributed by atoms with Crippen molar-refractivity contribution in [2.75, 3.05) is 12.4 Å².